The fraction of sp³-hybridized carbons (Fsp3) is 0.222. The lowest BCUT2D eigenvalue weighted by Gasteiger charge is -2.05. The number of anilines is 1. The molecular formula is C9H10Br2N4. The molecule has 0 saturated carbocycles. The van der Waals surface area contributed by atoms with Gasteiger partial charge in [0.15, 0.2) is 5.96 Å². The van der Waals surface area contributed by atoms with Gasteiger partial charge in [-0.25, -0.2) is 4.99 Å². The Morgan fingerprint density at radius 3 is 2.20 bits per heavy atom. The monoisotopic (exact) mass is 332 g/mol. The number of benzene rings is 1. The molecule has 80 valence electrons. The van der Waals surface area contributed by atoms with Gasteiger partial charge in [-0.05, 0) is 44.0 Å². The summed E-state index contributed by atoms with van der Waals surface area (Å²) < 4.78 is 1.75. The predicted molar refractivity (Wildman–Crippen MR) is 69.4 cm³/mol. The Morgan fingerprint density at radius 2 is 1.67 bits per heavy atom. The van der Waals surface area contributed by atoms with Gasteiger partial charge in [-0.3, -0.25) is 0 Å². The lowest BCUT2D eigenvalue weighted by Crippen LogP contribution is -2.23. The average molecular weight is 334 g/mol. The van der Waals surface area contributed by atoms with Crippen molar-refractivity contribution >= 4 is 49.2 Å². The van der Waals surface area contributed by atoms with Crippen molar-refractivity contribution in [2.24, 2.45) is 4.99 Å². The molecule has 4 N–H and O–H groups in total. The van der Waals surface area contributed by atoms with Crippen LogP contribution >= 0.6 is 31.9 Å². The van der Waals surface area contributed by atoms with E-state index in [2.05, 4.69) is 47.5 Å². The molecular weight excluding hydrogens is 324 g/mol. The summed E-state index contributed by atoms with van der Waals surface area (Å²) in [5.41, 5.74) is 7.23. The van der Waals surface area contributed by atoms with E-state index in [-0.39, 0.29) is 0 Å². The molecule has 1 aliphatic heterocycles. The van der Waals surface area contributed by atoms with Gasteiger partial charge in [0.2, 0.25) is 0 Å². The number of rotatable bonds is 1. The van der Waals surface area contributed by atoms with Crippen molar-refractivity contribution in [3.63, 3.8) is 0 Å². The molecule has 4 nitrogen and oxygen atoms in total. The second-order valence-electron chi connectivity index (χ2n) is 3.15. The Bertz CT molecular complexity index is 386. The van der Waals surface area contributed by atoms with E-state index < -0.39 is 0 Å². The maximum atomic E-state index is 5.70. The summed E-state index contributed by atoms with van der Waals surface area (Å²) in [6.45, 7) is 1.81. The van der Waals surface area contributed by atoms with E-state index in [1.54, 1.807) is 0 Å². The molecule has 6 heteroatoms. The molecule has 1 heterocycles. The summed E-state index contributed by atoms with van der Waals surface area (Å²) in [5, 5.41) is 6.28. The van der Waals surface area contributed by atoms with Crippen LogP contribution in [0, 0.1) is 0 Å². The number of hydrogen-bond donors (Lipinski definition) is 3. The number of halogens is 2. The topological polar surface area (TPSA) is 62.4 Å². The van der Waals surface area contributed by atoms with Crippen LogP contribution in [0.3, 0.4) is 0 Å². The number of aliphatic imine (C=N–C) groups is 1. The van der Waals surface area contributed by atoms with E-state index in [1.807, 2.05) is 12.1 Å². The van der Waals surface area contributed by atoms with Gasteiger partial charge in [0.1, 0.15) is 0 Å². The maximum absolute atomic E-state index is 5.70. The minimum absolute atomic E-state index is 0.699. The summed E-state index contributed by atoms with van der Waals surface area (Å²) in [7, 11) is 0. The maximum Gasteiger partial charge on any atom is 0.196 e. The molecule has 0 atom stereocenters. The Hall–Kier alpha value is -0.750. The zero-order chi connectivity index (χ0) is 10.8. The molecule has 0 spiro atoms. The lowest BCUT2D eigenvalue weighted by atomic mass is 10.3. The summed E-state index contributed by atoms with van der Waals surface area (Å²) in [6, 6.07) is 3.66. The van der Waals surface area contributed by atoms with Crippen molar-refractivity contribution < 1.29 is 0 Å². The Kier molecular flexibility index (Phi) is 3.16. The van der Waals surface area contributed by atoms with Gasteiger partial charge in [0.25, 0.3) is 0 Å². The Morgan fingerprint density at radius 1 is 1.13 bits per heavy atom. The highest BCUT2D eigenvalue weighted by molar-refractivity contribution is 9.11. The fourth-order valence-electron chi connectivity index (χ4n) is 1.31. The summed E-state index contributed by atoms with van der Waals surface area (Å²) in [6.07, 6.45) is 0. The van der Waals surface area contributed by atoms with Gasteiger partial charge in [-0.15, -0.1) is 0 Å². The van der Waals surface area contributed by atoms with E-state index in [0.29, 0.717) is 5.69 Å². The van der Waals surface area contributed by atoms with E-state index in [0.717, 1.165) is 33.7 Å². The first-order valence-electron chi connectivity index (χ1n) is 4.48. The third-order valence-corrected chi connectivity index (χ3v) is 3.18. The van der Waals surface area contributed by atoms with Crippen LogP contribution in [0.25, 0.3) is 0 Å². The number of hydrogen-bond acceptors (Lipinski definition) is 2. The summed E-state index contributed by atoms with van der Waals surface area (Å²) in [4.78, 5) is 4.44. The fourth-order valence-corrected chi connectivity index (χ4v) is 2.71. The van der Waals surface area contributed by atoms with Crippen molar-refractivity contribution in [1.29, 1.82) is 0 Å². The first-order valence-corrected chi connectivity index (χ1v) is 6.06. The van der Waals surface area contributed by atoms with Crippen molar-refractivity contribution in [3.05, 3.63) is 21.1 Å². The zero-order valence-corrected chi connectivity index (χ0v) is 11.0. The highest BCUT2D eigenvalue weighted by Gasteiger charge is 2.09. The van der Waals surface area contributed by atoms with Gasteiger partial charge in [-0.2, -0.15) is 0 Å². The van der Waals surface area contributed by atoms with Crippen molar-refractivity contribution in [2.75, 3.05) is 18.8 Å². The van der Waals surface area contributed by atoms with Gasteiger partial charge >= 0.3 is 0 Å². The molecule has 0 bridgehead atoms. The van der Waals surface area contributed by atoms with Gasteiger partial charge in [-0.1, -0.05) is 0 Å². The van der Waals surface area contributed by atoms with E-state index >= 15 is 0 Å². The molecule has 0 aliphatic carbocycles. The predicted octanol–water partition coefficient (Wildman–Crippen LogP) is 1.97. The molecule has 0 radical (unpaired) electrons. The molecule has 0 unspecified atom stereocenters. The number of nitrogen functional groups attached to an aromatic ring is 1. The van der Waals surface area contributed by atoms with Gasteiger partial charge in [0.05, 0.1) is 5.69 Å². The first kappa shape index (κ1) is 10.8. The smallest absolute Gasteiger partial charge is 0.196 e. The standard InChI is InChI=1S/C9H10Br2N4/c10-6-3-5(12)4-7(11)8(6)15-9-13-1-2-14-9/h3-4H,1-2,12H2,(H2,13,14,15). The second kappa shape index (κ2) is 4.40. The molecule has 1 saturated heterocycles. The third kappa shape index (κ3) is 2.43. The van der Waals surface area contributed by atoms with Crippen LogP contribution in [-0.2, 0) is 0 Å². The number of nitrogens with zero attached hydrogens (tertiary/aromatic N) is 1. The number of nitrogens with one attached hydrogen (secondary N) is 2. The van der Waals surface area contributed by atoms with Crippen LogP contribution in [0.5, 0.6) is 0 Å². The number of nitrogens with two attached hydrogens (primary N) is 1. The van der Waals surface area contributed by atoms with E-state index in [4.69, 9.17) is 5.73 Å². The van der Waals surface area contributed by atoms with Crippen molar-refractivity contribution in [1.82, 2.24) is 10.6 Å². The normalized spacial score (nSPS) is 14.7. The Balaban J connectivity index is 2.39. The number of guanidine groups is 1. The van der Waals surface area contributed by atoms with E-state index in [1.165, 1.54) is 0 Å². The van der Waals surface area contributed by atoms with Crippen LogP contribution in [0.1, 0.15) is 0 Å². The highest BCUT2D eigenvalue weighted by atomic mass is 79.9. The molecule has 1 fully saturated rings. The van der Waals surface area contributed by atoms with Crippen LogP contribution < -0.4 is 16.4 Å². The quantitative estimate of drug-likeness (QED) is 0.689. The highest BCUT2D eigenvalue weighted by Crippen LogP contribution is 2.35. The summed E-state index contributed by atoms with van der Waals surface area (Å²) >= 11 is 6.87. The molecule has 15 heavy (non-hydrogen) atoms. The SMILES string of the molecule is Nc1cc(Br)c(N=C2NCCN2)c(Br)c1. The van der Waals surface area contributed by atoms with Gasteiger partial charge in [0, 0.05) is 27.7 Å². The molecule has 2 rings (SSSR count). The molecule has 0 amide bonds. The van der Waals surface area contributed by atoms with Crippen LogP contribution in [0.4, 0.5) is 11.4 Å². The van der Waals surface area contributed by atoms with E-state index in [9.17, 15) is 0 Å². The molecule has 0 aromatic heterocycles. The third-order valence-electron chi connectivity index (χ3n) is 1.97. The second-order valence-corrected chi connectivity index (χ2v) is 4.86. The Labute approximate surface area is 105 Å². The summed E-state index contributed by atoms with van der Waals surface area (Å²) in [5.74, 6) is 0.793. The minimum Gasteiger partial charge on any atom is -0.399 e. The van der Waals surface area contributed by atoms with Crippen molar-refractivity contribution in [3.8, 4) is 0 Å². The van der Waals surface area contributed by atoms with Crippen LogP contribution in [0.15, 0.2) is 26.1 Å². The molecule has 1 aliphatic rings. The molecule has 1 aromatic carbocycles. The zero-order valence-electron chi connectivity index (χ0n) is 7.85. The molecule has 1 aromatic rings. The largest absolute Gasteiger partial charge is 0.399 e. The average Bonchev–Trinajstić information content (AvgIpc) is 2.63. The van der Waals surface area contributed by atoms with Crippen molar-refractivity contribution in [2.45, 2.75) is 0 Å². The van der Waals surface area contributed by atoms with Crippen LogP contribution in [-0.4, -0.2) is 19.0 Å². The van der Waals surface area contributed by atoms with Gasteiger partial charge < -0.3 is 16.4 Å². The lowest BCUT2D eigenvalue weighted by molar-refractivity contribution is 0.942. The minimum atomic E-state index is 0.699. The first-order chi connectivity index (χ1) is 7.16. The van der Waals surface area contributed by atoms with Crippen LogP contribution in [0.2, 0.25) is 0 Å².